The third-order valence-corrected chi connectivity index (χ3v) is 4.78. The molecule has 0 bridgehead atoms. The molecule has 0 spiro atoms. The fourth-order valence-electron chi connectivity index (χ4n) is 2.32. The van der Waals surface area contributed by atoms with Crippen molar-refractivity contribution in [1.82, 2.24) is 4.31 Å². The van der Waals surface area contributed by atoms with Gasteiger partial charge in [0.2, 0.25) is 10.0 Å². The summed E-state index contributed by atoms with van der Waals surface area (Å²) in [4.78, 5) is 0. The monoisotopic (exact) mass is 261 g/mol. The normalized spacial score (nSPS) is 23.9. The molecular formula is C13H27NO2S. The molecule has 1 saturated heterocycles. The molecule has 17 heavy (non-hydrogen) atoms. The summed E-state index contributed by atoms with van der Waals surface area (Å²) in [5.41, 5.74) is 0. The topological polar surface area (TPSA) is 37.1 Å². The van der Waals surface area contributed by atoms with Gasteiger partial charge >= 0.3 is 0 Å². The second-order valence-electron chi connectivity index (χ2n) is 5.25. The molecule has 0 aliphatic carbocycles. The molecule has 0 saturated carbocycles. The van der Waals surface area contributed by atoms with Crippen molar-refractivity contribution in [2.45, 2.75) is 70.8 Å². The average Bonchev–Trinajstić information content (AvgIpc) is 3.01. The van der Waals surface area contributed by atoms with Crippen LogP contribution in [0.1, 0.15) is 64.7 Å². The van der Waals surface area contributed by atoms with E-state index >= 15 is 0 Å². The van der Waals surface area contributed by atoms with E-state index in [9.17, 15) is 8.42 Å². The first-order chi connectivity index (χ1) is 8.05. The first-order valence-electron chi connectivity index (χ1n) is 7.02. The molecule has 1 heterocycles. The van der Waals surface area contributed by atoms with Crippen LogP contribution in [0.15, 0.2) is 0 Å². The molecule has 0 radical (unpaired) electrons. The lowest BCUT2D eigenvalue weighted by Crippen LogP contribution is -2.11. The molecule has 0 N–H and O–H groups in total. The minimum absolute atomic E-state index is 0.324. The highest BCUT2D eigenvalue weighted by Crippen LogP contribution is 2.26. The zero-order chi connectivity index (χ0) is 12.7. The van der Waals surface area contributed by atoms with Crippen molar-refractivity contribution in [3.05, 3.63) is 0 Å². The van der Waals surface area contributed by atoms with E-state index in [1.165, 1.54) is 57.6 Å². The molecule has 0 aromatic rings. The molecular weight excluding hydrogens is 234 g/mol. The lowest BCUT2D eigenvalue weighted by molar-refractivity contribution is 0.533. The lowest BCUT2D eigenvalue weighted by atomic mass is 10.1. The summed E-state index contributed by atoms with van der Waals surface area (Å²) in [7, 11) is -2.90. The van der Waals surface area contributed by atoms with E-state index in [0.717, 1.165) is 13.0 Å². The number of nitrogens with zero attached hydrogens (tertiary/aromatic N) is 1. The van der Waals surface area contributed by atoms with Crippen molar-refractivity contribution in [3.63, 3.8) is 0 Å². The van der Waals surface area contributed by atoms with Crippen LogP contribution in [0, 0.1) is 0 Å². The Morgan fingerprint density at radius 2 is 1.53 bits per heavy atom. The second-order valence-corrected chi connectivity index (χ2v) is 7.19. The maximum absolute atomic E-state index is 11.2. The van der Waals surface area contributed by atoms with Crippen molar-refractivity contribution in [2.24, 2.45) is 0 Å². The number of sulfonamides is 1. The molecule has 1 aliphatic heterocycles. The predicted octanol–water partition coefficient (Wildman–Crippen LogP) is 3.16. The number of hydrogen-bond acceptors (Lipinski definition) is 2. The van der Waals surface area contributed by atoms with E-state index < -0.39 is 10.0 Å². The van der Waals surface area contributed by atoms with Crippen LogP contribution in [0.25, 0.3) is 0 Å². The summed E-state index contributed by atoms with van der Waals surface area (Å²) in [6, 6.07) is 0.324. The Hall–Kier alpha value is -0.0900. The Kier molecular flexibility index (Phi) is 6.49. The molecule has 3 nitrogen and oxygen atoms in total. The van der Waals surface area contributed by atoms with Crippen molar-refractivity contribution in [1.29, 1.82) is 0 Å². The van der Waals surface area contributed by atoms with Gasteiger partial charge < -0.3 is 0 Å². The maximum atomic E-state index is 11.2. The quantitative estimate of drug-likeness (QED) is 0.447. The summed E-state index contributed by atoms with van der Waals surface area (Å²) in [6.45, 7) is 3.00. The van der Waals surface area contributed by atoms with Crippen molar-refractivity contribution >= 4 is 10.0 Å². The van der Waals surface area contributed by atoms with E-state index in [-0.39, 0.29) is 0 Å². The first-order valence-corrected chi connectivity index (χ1v) is 8.87. The summed E-state index contributed by atoms with van der Waals surface area (Å²) < 4.78 is 23.9. The largest absolute Gasteiger partial charge is 0.212 e. The molecule has 102 valence electrons. The van der Waals surface area contributed by atoms with Crippen LogP contribution in [0.3, 0.4) is 0 Å². The molecule has 4 heteroatoms. The van der Waals surface area contributed by atoms with Crippen LogP contribution in [-0.4, -0.2) is 31.6 Å². The Morgan fingerprint density at radius 3 is 2.00 bits per heavy atom. The van der Waals surface area contributed by atoms with Gasteiger partial charge in [0.25, 0.3) is 0 Å². The van der Waals surface area contributed by atoms with Crippen LogP contribution in [0.2, 0.25) is 0 Å². The maximum Gasteiger partial charge on any atom is 0.211 e. The Bertz CT molecular complexity index is 301. The Labute approximate surface area is 107 Å². The summed E-state index contributed by atoms with van der Waals surface area (Å²) >= 11 is 0. The molecule has 0 amide bonds. The van der Waals surface area contributed by atoms with Crippen LogP contribution in [-0.2, 0) is 10.0 Å². The Balaban J connectivity index is 1.86. The van der Waals surface area contributed by atoms with Gasteiger partial charge in [-0.1, -0.05) is 58.3 Å². The molecule has 1 aliphatic rings. The third-order valence-electron chi connectivity index (χ3n) is 3.48. The van der Waals surface area contributed by atoms with E-state index in [1.54, 1.807) is 4.31 Å². The molecule has 0 aromatic heterocycles. The molecule has 1 unspecified atom stereocenters. The van der Waals surface area contributed by atoms with Crippen LogP contribution < -0.4 is 0 Å². The van der Waals surface area contributed by atoms with Crippen LogP contribution in [0.4, 0.5) is 0 Å². The average molecular weight is 261 g/mol. The predicted molar refractivity (Wildman–Crippen MR) is 72.6 cm³/mol. The van der Waals surface area contributed by atoms with Gasteiger partial charge in [0.05, 0.1) is 6.26 Å². The van der Waals surface area contributed by atoms with Crippen LogP contribution >= 0.6 is 0 Å². The van der Waals surface area contributed by atoms with Crippen molar-refractivity contribution in [3.8, 4) is 0 Å². The van der Waals surface area contributed by atoms with Gasteiger partial charge in [-0.05, 0) is 6.42 Å². The highest BCUT2D eigenvalue weighted by Gasteiger charge is 2.40. The number of rotatable bonds is 10. The minimum atomic E-state index is -2.90. The fraction of sp³-hybridized carbons (Fsp3) is 1.00. The Morgan fingerprint density at radius 1 is 1.00 bits per heavy atom. The standard InChI is InChI=1S/C13H27NO2S/c1-3-4-5-6-7-8-9-10-11-13-12-14(13)17(2,15)16/h13H,3-12H2,1-2H3/t13-,14?/m0/s1. The van der Waals surface area contributed by atoms with Gasteiger partial charge in [-0.3, -0.25) is 0 Å². The minimum Gasteiger partial charge on any atom is -0.212 e. The zero-order valence-electron chi connectivity index (χ0n) is 11.3. The molecule has 2 atom stereocenters. The third kappa shape index (κ3) is 6.41. The van der Waals surface area contributed by atoms with Gasteiger partial charge in [0.15, 0.2) is 0 Å². The highest BCUT2D eigenvalue weighted by atomic mass is 32.2. The fourth-order valence-corrected chi connectivity index (χ4v) is 3.41. The summed E-state index contributed by atoms with van der Waals surface area (Å²) in [6.07, 6.45) is 12.9. The van der Waals surface area contributed by atoms with E-state index in [0.29, 0.717) is 6.04 Å². The van der Waals surface area contributed by atoms with Crippen molar-refractivity contribution < 1.29 is 8.42 Å². The number of unbranched alkanes of at least 4 members (excludes halogenated alkanes) is 7. The van der Waals surface area contributed by atoms with Gasteiger partial charge in [0.1, 0.15) is 0 Å². The second kappa shape index (κ2) is 7.37. The molecule has 0 aromatic carbocycles. The lowest BCUT2D eigenvalue weighted by Gasteiger charge is -2.02. The van der Waals surface area contributed by atoms with Crippen LogP contribution in [0.5, 0.6) is 0 Å². The summed E-state index contributed by atoms with van der Waals surface area (Å²) in [5, 5.41) is 0. The van der Waals surface area contributed by atoms with E-state index in [1.807, 2.05) is 0 Å². The molecule has 1 rings (SSSR count). The smallest absolute Gasteiger partial charge is 0.211 e. The molecule has 1 fully saturated rings. The van der Waals surface area contributed by atoms with Crippen molar-refractivity contribution in [2.75, 3.05) is 12.8 Å². The first kappa shape index (κ1) is 15.0. The van der Waals surface area contributed by atoms with Gasteiger partial charge in [0, 0.05) is 12.6 Å². The van der Waals surface area contributed by atoms with E-state index in [2.05, 4.69) is 6.92 Å². The summed E-state index contributed by atoms with van der Waals surface area (Å²) in [5.74, 6) is 0. The highest BCUT2D eigenvalue weighted by molar-refractivity contribution is 7.88. The zero-order valence-corrected chi connectivity index (χ0v) is 12.1. The van der Waals surface area contributed by atoms with Gasteiger partial charge in [-0.15, -0.1) is 0 Å². The van der Waals surface area contributed by atoms with Gasteiger partial charge in [-0.2, -0.15) is 4.31 Å². The SMILES string of the molecule is CCCCCCCCCC[C@H]1CN1S(C)(=O)=O. The van der Waals surface area contributed by atoms with Gasteiger partial charge in [-0.25, -0.2) is 8.42 Å². The van der Waals surface area contributed by atoms with E-state index in [4.69, 9.17) is 0 Å². The number of hydrogen-bond donors (Lipinski definition) is 0.